The summed E-state index contributed by atoms with van der Waals surface area (Å²) in [7, 11) is 0. The van der Waals surface area contributed by atoms with Crippen molar-refractivity contribution < 1.29 is 0 Å². The fourth-order valence-electron chi connectivity index (χ4n) is 1.73. The minimum Gasteiger partial charge on any atom is -0.329 e. The Labute approximate surface area is 80.3 Å². The predicted molar refractivity (Wildman–Crippen MR) is 51.1 cm³/mol. The number of nitrogens with one attached hydrogen (secondary N) is 1. The molecule has 0 saturated heterocycles. The Balaban J connectivity index is 2.55. The van der Waals surface area contributed by atoms with Crippen LogP contribution in [-0.2, 0) is 6.54 Å². The molecule has 0 aliphatic carbocycles. The van der Waals surface area contributed by atoms with Crippen LogP contribution in [0, 0.1) is 6.92 Å². The molecule has 0 aromatic carbocycles. The average Bonchev–Trinajstić information content (AvgIpc) is 2.29. The number of fused-ring (bicyclic) bond motifs is 1. The van der Waals surface area contributed by atoms with Gasteiger partial charge in [0.25, 0.3) is 0 Å². The van der Waals surface area contributed by atoms with Crippen LogP contribution in [0.3, 0.4) is 0 Å². The van der Waals surface area contributed by atoms with Crippen molar-refractivity contribution in [2.45, 2.75) is 26.4 Å². The fourth-order valence-corrected chi connectivity index (χ4v) is 2.54. The molecule has 1 atom stereocenters. The summed E-state index contributed by atoms with van der Waals surface area (Å²) in [6, 6.07) is 0.411. The highest BCUT2D eigenvalue weighted by molar-refractivity contribution is 9.10. The zero-order valence-electron chi connectivity index (χ0n) is 7.26. The van der Waals surface area contributed by atoms with Gasteiger partial charge in [-0.2, -0.15) is 0 Å². The van der Waals surface area contributed by atoms with Crippen LogP contribution in [0.25, 0.3) is 0 Å². The summed E-state index contributed by atoms with van der Waals surface area (Å²) in [5.74, 6) is 1.10. The summed E-state index contributed by atoms with van der Waals surface area (Å²) < 4.78 is 3.25. The molecule has 1 aliphatic rings. The lowest BCUT2D eigenvalue weighted by molar-refractivity contribution is 0.441. The summed E-state index contributed by atoms with van der Waals surface area (Å²) >= 11 is 3.47. The lowest BCUT2D eigenvalue weighted by atomic mass is 10.2. The van der Waals surface area contributed by atoms with Crippen molar-refractivity contribution in [2.24, 2.45) is 0 Å². The second-order valence-electron chi connectivity index (χ2n) is 3.16. The molecule has 4 heteroatoms. The standard InChI is InChI=1S/C8H12BrN3/c1-5-7-8(9)11-6(2)12(7)4-3-10-5/h5,10H,3-4H2,1-2H3. The van der Waals surface area contributed by atoms with E-state index in [1.54, 1.807) is 0 Å². The highest BCUT2D eigenvalue weighted by atomic mass is 79.9. The summed E-state index contributed by atoms with van der Waals surface area (Å²) in [6.45, 7) is 6.28. The van der Waals surface area contributed by atoms with Gasteiger partial charge >= 0.3 is 0 Å². The Bertz CT molecular complexity index is 305. The van der Waals surface area contributed by atoms with Gasteiger partial charge in [0.15, 0.2) is 0 Å². The van der Waals surface area contributed by atoms with E-state index < -0.39 is 0 Å². The molecule has 1 N–H and O–H groups in total. The molecule has 3 nitrogen and oxygen atoms in total. The van der Waals surface area contributed by atoms with E-state index in [1.165, 1.54) is 5.69 Å². The summed E-state index contributed by atoms with van der Waals surface area (Å²) in [5, 5.41) is 3.40. The quantitative estimate of drug-likeness (QED) is 0.733. The maximum atomic E-state index is 4.38. The van der Waals surface area contributed by atoms with Crippen LogP contribution in [0.1, 0.15) is 24.5 Å². The molecule has 0 saturated carbocycles. The first kappa shape index (κ1) is 8.26. The number of hydrogen-bond acceptors (Lipinski definition) is 2. The molecule has 2 rings (SSSR count). The molecular formula is C8H12BrN3. The van der Waals surface area contributed by atoms with Crippen LogP contribution in [0.4, 0.5) is 0 Å². The molecule has 2 heterocycles. The van der Waals surface area contributed by atoms with Crippen molar-refractivity contribution in [3.63, 3.8) is 0 Å². The Hall–Kier alpha value is -0.350. The highest BCUT2D eigenvalue weighted by Crippen LogP contribution is 2.26. The Morgan fingerprint density at radius 3 is 3.08 bits per heavy atom. The number of hydrogen-bond donors (Lipinski definition) is 1. The lowest BCUT2D eigenvalue weighted by Gasteiger charge is -2.23. The fraction of sp³-hybridized carbons (Fsp3) is 0.625. The summed E-state index contributed by atoms with van der Waals surface area (Å²) in [5.41, 5.74) is 1.28. The number of halogens is 1. The van der Waals surface area contributed by atoms with Crippen molar-refractivity contribution in [3.8, 4) is 0 Å². The smallest absolute Gasteiger partial charge is 0.129 e. The van der Waals surface area contributed by atoms with Gasteiger partial charge in [-0.25, -0.2) is 4.98 Å². The molecule has 1 aliphatic heterocycles. The van der Waals surface area contributed by atoms with E-state index in [0.29, 0.717) is 6.04 Å². The Kier molecular flexibility index (Phi) is 1.96. The molecule has 12 heavy (non-hydrogen) atoms. The topological polar surface area (TPSA) is 29.9 Å². The van der Waals surface area contributed by atoms with Crippen LogP contribution in [-0.4, -0.2) is 16.1 Å². The third kappa shape index (κ3) is 1.10. The largest absolute Gasteiger partial charge is 0.329 e. The third-order valence-electron chi connectivity index (χ3n) is 2.35. The third-order valence-corrected chi connectivity index (χ3v) is 2.93. The second-order valence-corrected chi connectivity index (χ2v) is 3.91. The maximum Gasteiger partial charge on any atom is 0.129 e. The lowest BCUT2D eigenvalue weighted by Crippen LogP contribution is -2.31. The molecule has 1 unspecified atom stereocenters. The Morgan fingerprint density at radius 1 is 1.67 bits per heavy atom. The van der Waals surface area contributed by atoms with E-state index in [4.69, 9.17) is 0 Å². The van der Waals surface area contributed by atoms with Gasteiger partial charge in [-0.1, -0.05) is 0 Å². The molecule has 0 radical (unpaired) electrons. The predicted octanol–water partition coefficient (Wildman–Crippen LogP) is 1.62. The highest BCUT2D eigenvalue weighted by Gasteiger charge is 2.21. The zero-order valence-corrected chi connectivity index (χ0v) is 8.85. The van der Waals surface area contributed by atoms with Crippen molar-refractivity contribution in [1.82, 2.24) is 14.9 Å². The van der Waals surface area contributed by atoms with E-state index >= 15 is 0 Å². The number of nitrogens with zero attached hydrogens (tertiary/aromatic N) is 2. The van der Waals surface area contributed by atoms with Crippen molar-refractivity contribution in [1.29, 1.82) is 0 Å². The van der Waals surface area contributed by atoms with Gasteiger partial charge in [0.05, 0.1) is 5.69 Å². The number of aromatic nitrogens is 2. The minimum atomic E-state index is 0.411. The van der Waals surface area contributed by atoms with Gasteiger partial charge < -0.3 is 9.88 Å². The normalized spacial score (nSPS) is 22.4. The van der Waals surface area contributed by atoms with Crippen LogP contribution >= 0.6 is 15.9 Å². The van der Waals surface area contributed by atoms with Crippen LogP contribution in [0.2, 0.25) is 0 Å². The Morgan fingerprint density at radius 2 is 2.42 bits per heavy atom. The molecule has 0 bridgehead atoms. The van der Waals surface area contributed by atoms with Gasteiger partial charge in [0.2, 0.25) is 0 Å². The number of rotatable bonds is 0. The summed E-state index contributed by atoms with van der Waals surface area (Å²) in [6.07, 6.45) is 0. The first-order valence-corrected chi connectivity index (χ1v) is 4.95. The average molecular weight is 230 g/mol. The first-order chi connectivity index (χ1) is 5.70. The van der Waals surface area contributed by atoms with Gasteiger partial charge in [0, 0.05) is 19.1 Å². The van der Waals surface area contributed by atoms with Crippen molar-refractivity contribution in [3.05, 3.63) is 16.1 Å². The first-order valence-electron chi connectivity index (χ1n) is 4.16. The van der Waals surface area contributed by atoms with Crippen molar-refractivity contribution >= 4 is 15.9 Å². The summed E-state index contributed by atoms with van der Waals surface area (Å²) in [4.78, 5) is 4.38. The minimum absolute atomic E-state index is 0.411. The molecular weight excluding hydrogens is 218 g/mol. The molecule has 1 aromatic rings. The number of aryl methyl sites for hydroxylation is 1. The van der Waals surface area contributed by atoms with Gasteiger partial charge in [0.1, 0.15) is 10.4 Å². The maximum absolute atomic E-state index is 4.38. The zero-order chi connectivity index (χ0) is 8.72. The van der Waals surface area contributed by atoms with Gasteiger partial charge in [-0.15, -0.1) is 0 Å². The van der Waals surface area contributed by atoms with Crippen LogP contribution in [0.5, 0.6) is 0 Å². The van der Waals surface area contributed by atoms with Gasteiger partial charge in [-0.05, 0) is 29.8 Å². The molecule has 66 valence electrons. The second kappa shape index (κ2) is 2.85. The van der Waals surface area contributed by atoms with Crippen molar-refractivity contribution in [2.75, 3.05) is 6.54 Å². The van der Waals surface area contributed by atoms with E-state index in [1.807, 2.05) is 6.92 Å². The van der Waals surface area contributed by atoms with Gasteiger partial charge in [-0.3, -0.25) is 0 Å². The monoisotopic (exact) mass is 229 g/mol. The van der Waals surface area contributed by atoms with E-state index in [0.717, 1.165) is 23.5 Å². The van der Waals surface area contributed by atoms with E-state index in [9.17, 15) is 0 Å². The molecule has 0 fully saturated rings. The molecule has 1 aromatic heterocycles. The van der Waals surface area contributed by atoms with Crippen LogP contribution < -0.4 is 5.32 Å². The van der Waals surface area contributed by atoms with E-state index in [-0.39, 0.29) is 0 Å². The van der Waals surface area contributed by atoms with Crippen LogP contribution in [0.15, 0.2) is 4.60 Å². The number of imidazole rings is 1. The van der Waals surface area contributed by atoms with E-state index in [2.05, 4.69) is 37.7 Å². The molecule has 0 amide bonds. The molecule has 0 spiro atoms. The SMILES string of the molecule is Cc1nc(Br)c2n1CCNC2C.